The molecule has 1 aromatic heterocycles. The second kappa shape index (κ2) is 7.33. The quantitative estimate of drug-likeness (QED) is 0.570. The van der Waals surface area contributed by atoms with Crippen LogP contribution < -0.4 is 21.7 Å². The number of hydrogen-bond acceptors (Lipinski definition) is 5. The van der Waals surface area contributed by atoms with E-state index in [0.717, 1.165) is 0 Å². The van der Waals surface area contributed by atoms with Gasteiger partial charge in [-0.2, -0.15) is 0 Å². The number of amides is 4. The molecule has 0 saturated carbocycles. The maximum Gasteiger partial charge on any atom is 0.352 e. The lowest BCUT2D eigenvalue weighted by atomic mass is 10.2. The van der Waals surface area contributed by atoms with E-state index < -0.39 is 17.8 Å². The molecule has 9 nitrogen and oxygen atoms in total. The SMILES string of the molecule is O=C(NNC(=O)c1ccccc1)NNC(=O)c1cnccn1. The van der Waals surface area contributed by atoms with Crippen LogP contribution in [0.1, 0.15) is 20.8 Å². The van der Waals surface area contributed by atoms with Crippen LogP contribution in [0.4, 0.5) is 4.79 Å². The minimum atomic E-state index is -0.818. The lowest BCUT2D eigenvalue weighted by Gasteiger charge is -2.09. The minimum absolute atomic E-state index is 0.0381. The molecular weight excluding hydrogens is 288 g/mol. The molecule has 0 unspecified atom stereocenters. The molecule has 1 aromatic carbocycles. The Bertz CT molecular complexity index is 604. The van der Waals surface area contributed by atoms with E-state index >= 15 is 0 Å². The molecule has 2 aromatic rings. The normalized spacial score (nSPS) is 9.45. The summed E-state index contributed by atoms with van der Waals surface area (Å²) in [6.45, 7) is 0. The summed E-state index contributed by atoms with van der Waals surface area (Å²) >= 11 is 0. The lowest BCUT2D eigenvalue weighted by Crippen LogP contribution is -2.52. The van der Waals surface area contributed by atoms with E-state index in [4.69, 9.17) is 0 Å². The van der Waals surface area contributed by atoms with Crippen molar-refractivity contribution in [3.63, 3.8) is 0 Å². The molecule has 0 aliphatic rings. The molecule has 1 heterocycles. The zero-order valence-electron chi connectivity index (χ0n) is 11.2. The molecule has 0 saturated heterocycles. The fourth-order valence-electron chi connectivity index (χ4n) is 1.40. The average molecular weight is 300 g/mol. The molecule has 0 radical (unpaired) electrons. The molecule has 9 heteroatoms. The van der Waals surface area contributed by atoms with Gasteiger partial charge in [-0.15, -0.1) is 0 Å². The highest BCUT2D eigenvalue weighted by atomic mass is 16.2. The van der Waals surface area contributed by atoms with Gasteiger partial charge in [0.2, 0.25) is 0 Å². The monoisotopic (exact) mass is 300 g/mol. The molecule has 0 spiro atoms. The Balaban J connectivity index is 1.74. The van der Waals surface area contributed by atoms with Crippen molar-refractivity contribution in [2.75, 3.05) is 0 Å². The first-order valence-electron chi connectivity index (χ1n) is 6.14. The van der Waals surface area contributed by atoms with Gasteiger partial charge in [0.1, 0.15) is 5.69 Å². The smallest absolute Gasteiger partial charge is 0.267 e. The number of aromatic nitrogens is 2. The molecule has 2 rings (SSSR count). The molecule has 0 atom stereocenters. The zero-order valence-corrected chi connectivity index (χ0v) is 11.2. The fraction of sp³-hybridized carbons (Fsp3) is 0. The number of nitrogens with one attached hydrogen (secondary N) is 4. The van der Waals surface area contributed by atoms with E-state index in [-0.39, 0.29) is 5.69 Å². The largest absolute Gasteiger partial charge is 0.352 e. The van der Waals surface area contributed by atoms with Crippen molar-refractivity contribution < 1.29 is 14.4 Å². The number of urea groups is 1. The van der Waals surface area contributed by atoms with Gasteiger partial charge in [-0.3, -0.25) is 25.4 Å². The summed E-state index contributed by atoms with van der Waals surface area (Å²) in [4.78, 5) is 42.1. The van der Waals surface area contributed by atoms with Crippen LogP contribution in [0.15, 0.2) is 48.9 Å². The molecule has 4 amide bonds. The van der Waals surface area contributed by atoms with Gasteiger partial charge < -0.3 is 0 Å². The molecule has 112 valence electrons. The fourth-order valence-corrected chi connectivity index (χ4v) is 1.40. The minimum Gasteiger partial charge on any atom is -0.267 e. The third kappa shape index (κ3) is 4.27. The average Bonchev–Trinajstić information content (AvgIpc) is 2.59. The zero-order chi connectivity index (χ0) is 15.8. The molecule has 0 bridgehead atoms. The first-order chi connectivity index (χ1) is 10.7. The molecule has 0 fully saturated rings. The van der Waals surface area contributed by atoms with E-state index in [1.165, 1.54) is 18.6 Å². The maximum absolute atomic E-state index is 11.6. The van der Waals surface area contributed by atoms with Crippen LogP contribution in [0.25, 0.3) is 0 Å². The predicted octanol–water partition coefficient (Wildman–Crippen LogP) is -0.234. The number of nitrogens with zero attached hydrogens (tertiary/aromatic N) is 2. The van der Waals surface area contributed by atoms with Crippen molar-refractivity contribution in [1.29, 1.82) is 0 Å². The van der Waals surface area contributed by atoms with Gasteiger partial charge in [0.25, 0.3) is 11.8 Å². The number of hydrogen-bond donors (Lipinski definition) is 4. The van der Waals surface area contributed by atoms with E-state index in [0.29, 0.717) is 5.56 Å². The van der Waals surface area contributed by atoms with Gasteiger partial charge in [0.05, 0.1) is 6.20 Å². The van der Waals surface area contributed by atoms with E-state index in [1.54, 1.807) is 30.3 Å². The topological polar surface area (TPSA) is 125 Å². The van der Waals surface area contributed by atoms with Crippen LogP contribution in [0.2, 0.25) is 0 Å². The first-order valence-corrected chi connectivity index (χ1v) is 6.14. The summed E-state index contributed by atoms with van der Waals surface area (Å²) in [7, 11) is 0. The number of hydrazine groups is 2. The van der Waals surface area contributed by atoms with Crippen LogP contribution in [0.5, 0.6) is 0 Å². The van der Waals surface area contributed by atoms with Crippen LogP contribution in [-0.2, 0) is 0 Å². The van der Waals surface area contributed by atoms with Crippen LogP contribution in [0, 0.1) is 0 Å². The maximum atomic E-state index is 11.6. The van der Waals surface area contributed by atoms with E-state index in [1.807, 2.05) is 0 Å². The Morgan fingerprint density at radius 2 is 1.50 bits per heavy atom. The summed E-state index contributed by atoms with van der Waals surface area (Å²) in [5.41, 5.74) is 8.85. The van der Waals surface area contributed by atoms with Crippen molar-refractivity contribution in [2.45, 2.75) is 0 Å². The van der Waals surface area contributed by atoms with Gasteiger partial charge in [0, 0.05) is 18.0 Å². The Morgan fingerprint density at radius 3 is 2.14 bits per heavy atom. The Labute approximate surface area is 125 Å². The number of carbonyl (C=O) groups is 3. The summed E-state index contributed by atoms with van der Waals surface area (Å²) < 4.78 is 0. The van der Waals surface area contributed by atoms with Crippen LogP contribution >= 0.6 is 0 Å². The highest BCUT2D eigenvalue weighted by Gasteiger charge is 2.09. The first kappa shape index (κ1) is 14.9. The second-order valence-corrected chi connectivity index (χ2v) is 3.94. The molecule has 4 N–H and O–H groups in total. The predicted molar refractivity (Wildman–Crippen MR) is 75.1 cm³/mol. The van der Waals surface area contributed by atoms with Crippen molar-refractivity contribution in [1.82, 2.24) is 31.7 Å². The van der Waals surface area contributed by atoms with Gasteiger partial charge in [-0.25, -0.2) is 20.6 Å². The number of carbonyl (C=O) groups excluding carboxylic acids is 3. The Kier molecular flexibility index (Phi) is 4.97. The Hall–Kier alpha value is -3.49. The third-order valence-corrected chi connectivity index (χ3v) is 2.41. The number of rotatable bonds is 2. The lowest BCUT2D eigenvalue weighted by molar-refractivity contribution is 0.0925. The highest BCUT2D eigenvalue weighted by molar-refractivity contribution is 5.96. The number of benzene rings is 1. The summed E-state index contributed by atoms with van der Waals surface area (Å²) in [6.07, 6.45) is 4.00. The molecule has 22 heavy (non-hydrogen) atoms. The highest BCUT2D eigenvalue weighted by Crippen LogP contribution is 1.96. The molecular formula is C13H12N6O3. The van der Waals surface area contributed by atoms with Crippen molar-refractivity contribution in [3.05, 3.63) is 60.2 Å². The van der Waals surface area contributed by atoms with Gasteiger partial charge >= 0.3 is 6.03 Å². The van der Waals surface area contributed by atoms with E-state index in [2.05, 4.69) is 31.7 Å². The Morgan fingerprint density at radius 1 is 0.818 bits per heavy atom. The molecule has 0 aliphatic carbocycles. The van der Waals surface area contributed by atoms with E-state index in [9.17, 15) is 14.4 Å². The van der Waals surface area contributed by atoms with Gasteiger partial charge in [0.15, 0.2) is 0 Å². The molecule has 0 aliphatic heterocycles. The van der Waals surface area contributed by atoms with Crippen molar-refractivity contribution >= 4 is 17.8 Å². The summed E-state index contributed by atoms with van der Waals surface area (Å²) in [6, 6.07) is 7.50. The van der Waals surface area contributed by atoms with Crippen LogP contribution in [-0.4, -0.2) is 27.8 Å². The van der Waals surface area contributed by atoms with Crippen molar-refractivity contribution in [2.24, 2.45) is 0 Å². The standard InChI is InChI=1S/C13H12N6O3/c20-11(9-4-2-1-3-5-9)16-18-13(22)19-17-12(21)10-8-14-6-7-15-10/h1-8H,(H,16,20)(H,17,21)(H2,18,19,22). The summed E-state index contributed by atoms with van der Waals surface area (Å²) in [5.74, 6) is -1.13. The van der Waals surface area contributed by atoms with Crippen molar-refractivity contribution in [3.8, 4) is 0 Å². The van der Waals surface area contributed by atoms with Gasteiger partial charge in [-0.05, 0) is 12.1 Å². The second-order valence-electron chi connectivity index (χ2n) is 3.94. The summed E-state index contributed by atoms with van der Waals surface area (Å²) in [5, 5.41) is 0. The third-order valence-electron chi connectivity index (χ3n) is 2.41. The van der Waals surface area contributed by atoms with Gasteiger partial charge in [-0.1, -0.05) is 18.2 Å². The van der Waals surface area contributed by atoms with Crippen LogP contribution in [0.3, 0.4) is 0 Å².